The Bertz CT molecular complexity index is 1020. The Hall–Kier alpha value is -1.93. The third kappa shape index (κ3) is 3.01. The number of nitrogens with zero attached hydrogens (tertiary/aromatic N) is 2. The molecule has 2 N–H and O–H groups in total. The molecule has 0 unspecified atom stereocenters. The lowest BCUT2D eigenvalue weighted by atomic mass is 9.99. The first-order chi connectivity index (χ1) is 12.4. The van der Waals surface area contributed by atoms with Gasteiger partial charge in [0.1, 0.15) is 4.60 Å². The summed E-state index contributed by atoms with van der Waals surface area (Å²) in [6.07, 6.45) is 3.77. The monoisotopic (exact) mass is 437 g/mol. The fraction of sp³-hybridized carbons (Fsp3) is 0.222. The predicted molar refractivity (Wildman–Crippen MR) is 101 cm³/mol. The van der Waals surface area contributed by atoms with E-state index in [0.29, 0.717) is 10.5 Å². The van der Waals surface area contributed by atoms with Crippen LogP contribution in [0.5, 0.6) is 0 Å². The van der Waals surface area contributed by atoms with Gasteiger partial charge in [0.15, 0.2) is 5.16 Å². The normalized spacial score (nSPS) is 14.7. The van der Waals surface area contributed by atoms with Crippen LogP contribution in [-0.2, 0) is 4.79 Å². The van der Waals surface area contributed by atoms with E-state index >= 15 is 0 Å². The number of rotatable bonds is 5. The predicted octanol–water partition coefficient (Wildman–Crippen LogP) is 4.84. The Morgan fingerprint density at radius 2 is 1.92 bits per heavy atom. The number of nitrogens with two attached hydrogens (primary N) is 1. The molecule has 0 aliphatic heterocycles. The Morgan fingerprint density at radius 3 is 2.58 bits per heavy atom. The lowest BCUT2D eigenvalue weighted by Crippen LogP contribution is -2.32. The summed E-state index contributed by atoms with van der Waals surface area (Å²) in [7, 11) is 0. The number of carbonyl (C=O) groups excluding carboxylic acids is 1. The number of thioether (sulfide) groups is 1. The molecular formula is C18H14BrF2N3OS. The summed E-state index contributed by atoms with van der Waals surface area (Å²) < 4.78 is 29.8. The number of hydrogen-bond donors (Lipinski definition) is 1. The van der Waals surface area contributed by atoms with Crippen molar-refractivity contribution in [2.24, 2.45) is 5.73 Å². The van der Waals surface area contributed by atoms with Crippen molar-refractivity contribution >= 4 is 44.4 Å². The number of fused-ring (bicyclic) bond motifs is 1. The molecule has 26 heavy (non-hydrogen) atoms. The van der Waals surface area contributed by atoms with Gasteiger partial charge in [-0.25, -0.2) is 4.98 Å². The van der Waals surface area contributed by atoms with E-state index in [1.807, 2.05) is 36.4 Å². The van der Waals surface area contributed by atoms with Crippen LogP contribution in [0, 0.1) is 0 Å². The zero-order valence-electron chi connectivity index (χ0n) is 13.5. The van der Waals surface area contributed by atoms with Crippen LogP contribution >= 0.6 is 27.7 Å². The average molecular weight is 438 g/mol. The first-order valence-electron chi connectivity index (χ1n) is 8.00. The SMILES string of the molecule is NC(=O)C(F)(F)Sc1ncc(Br)n1-c1ccc(C2CC2)c2ccccc12. The number of halogens is 3. The lowest BCUT2D eigenvalue weighted by molar-refractivity contribution is -0.131. The average Bonchev–Trinajstić information content (AvgIpc) is 3.39. The van der Waals surface area contributed by atoms with Gasteiger partial charge in [-0.3, -0.25) is 9.36 Å². The molecule has 0 atom stereocenters. The third-order valence-electron chi connectivity index (χ3n) is 4.39. The van der Waals surface area contributed by atoms with Gasteiger partial charge in [-0.15, -0.1) is 0 Å². The summed E-state index contributed by atoms with van der Waals surface area (Å²) >= 11 is 3.41. The van der Waals surface area contributed by atoms with Gasteiger partial charge in [0.25, 0.3) is 5.91 Å². The number of amides is 1. The quantitative estimate of drug-likeness (QED) is 0.581. The molecule has 1 amide bonds. The van der Waals surface area contributed by atoms with E-state index < -0.39 is 11.2 Å². The highest BCUT2D eigenvalue weighted by Gasteiger charge is 2.40. The van der Waals surface area contributed by atoms with Gasteiger partial charge >= 0.3 is 5.25 Å². The molecule has 1 aromatic heterocycles. The molecule has 3 aromatic rings. The Labute approximate surface area is 160 Å². The van der Waals surface area contributed by atoms with Crippen molar-refractivity contribution in [3.63, 3.8) is 0 Å². The maximum atomic E-state index is 13.8. The number of imidazole rings is 1. The Kier molecular flexibility index (Phi) is 4.27. The molecule has 1 heterocycles. The number of aromatic nitrogens is 2. The van der Waals surface area contributed by atoms with Crippen molar-refractivity contribution in [2.45, 2.75) is 29.2 Å². The van der Waals surface area contributed by atoms with E-state index in [1.54, 1.807) is 4.57 Å². The number of carbonyl (C=O) groups is 1. The maximum absolute atomic E-state index is 13.8. The first-order valence-corrected chi connectivity index (χ1v) is 9.61. The summed E-state index contributed by atoms with van der Waals surface area (Å²) in [5, 5.41) is -1.71. The van der Waals surface area contributed by atoms with Gasteiger partial charge < -0.3 is 5.73 Å². The molecule has 2 aromatic carbocycles. The van der Waals surface area contributed by atoms with Crippen LogP contribution in [-0.4, -0.2) is 20.7 Å². The highest BCUT2D eigenvalue weighted by Crippen LogP contribution is 2.45. The number of primary amides is 1. The summed E-state index contributed by atoms with van der Waals surface area (Å²) in [5.41, 5.74) is 6.80. The van der Waals surface area contributed by atoms with Crippen LogP contribution in [0.15, 0.2) is 52.4 Å². The van der Waals surface area contributed by atoms with E-state index in [2.05, 4.69) is 20.9 Å². The van der Waals surface area contributed by atoms with E-state index in [9.17, 15) is 13.6 Å². The zero-order valence-corrected chi connectivity index (χ0v) is 15.9. The summed E-state index contributed by atoms with van der Waals surface area (Å²) in [6, 6.07) is 11.8. The minimum atomic E-state index is -3.74. The van der Waals surface area contributed by atoms with E-state index in [4.69, 9.17) is 5.73 Å². The fourth-order valence-electron chi connectivity index (χ4n) is 3.02. The molecule has 134 valence electrons. The minimum absolute atomic E-state index is 0.00926. The van der Waals surface area contributed by atoms with E-state index in [0.717, 1.165) is 16.5 Å². The maximum Gasteiger partial charge on any atom is 0.377 e. The molecule has 0 spiro atoms. The topological polar surface area (TPSA) is 60.9 Å². The minimum Gasteiger partial charge on any atom is -0.364 e. The van der Waals surface area contributed by atoms with Crippen molar-refractivity contribution in [1.82, 2.24) is 9.55 Å². The first kappa shape index (κ1) is 17.5. The van der Waals surface area contributed by atoms with Gasteiger partial charge in [-0.1, -0.05) is 30.3 Å². The Morgan fingerprint density at radius 1 is 1.23 bits per heavy atom. The number of hydrogen-bond acceptors (Lipinski definition) is 3. The van der Waals surface area contributed by atoms with Crippen LogP contribution in [0.4, 0.5) is 8.78 Å². The molecule has 1 aliphatic carbocycles. The molecule has 8 heteroatoms. The summed E-state index contributed by atoms with van der Waals surface area (Å²) in [6.45, 7) is 0. The van der Waals surface area contributed by atoms with Gasteiger partial charge in [-0.2, -0.15) is 8.78 Å². The van der Waals surface area contributed by atoms with Crippen LogP contribution in [0.3, 0.4) is 0 Å². The molecule has 1 fully saturated rings. The van der Waals surface area contributed by atoms with Crippen molar-refractivity contribution < 1.29 is 13.6 Å². The van der Waals surface area contributed by atoms with Crippen molar-refractivity contribution in [1.29, 1.82) is 0 Å². The third-order valence-corrected chi connectivity index (χ3v) is 5.87. The molecule has 0 radical (unpaired) electrons. The number of benzene rings is 2. The molecule has 4 nitrogen and oxygen atoms in total. The second-order valence-corrected chi connectivity index (χ2v) is 8.07. The highest BCUT2D eigenvalue weighted by atomic mass is 79.9. The van der Waals surface area contributed by atoms with Crippen molar-refractivity contribution in [3.05, 3.63) is 52.8 Å². The van der Waals surface area contributed by atoms with Crippen LogP contribution < -0.4 is 5.73 Å². The van der Waals surface area contributed by atoms with Crippen LogP contribution in [0.2, 0.25) is 0 Å². The summed E-state index contributed by atoms with van der Waals surface area (Å²) in [5.74, 6) is -1.13. The second kappa shape index (κ2) is 6.35. The van der Waals surface area contributed by atoms with Crippen LogP contribution in [0.1, 0.15) is 24.3 Å². The largest absolute Gasteiger partial charge is 0.377 e. The molecule has 1 saturated carbocycles. The smallest absolute Gasteiger partial charge is 0.364 e. The standard InChI is InChI=1S/C18H14BrF2N3OS/c19-15-9-23-17(26-18(20,21)16(22)25)24(15)14-8-7-11(10-5-6-10)12-3-1-2-4-13(12)14/h1-4,7-10H,5-6H2,(H2,22,25). The van der Waals surface area contributed by atoms with Crippen molar-refractivity contribution in [2.75, 3.05) is 0 Å². The van der Waals surface area contributed by atoms with Gasteiger partial charge in [0.2, 0.25) is 0 Å². The van der Waals surface area contributed by atoms with Gasteiger partial charge in [0.05, 0.1) is 11.9 Å². The molecule has 1 aliphatic rings. The molecule has 4 rings (SSSR count). The van der Waals surface area contributed by atoms with Gasteiger partial charge in [0, 0.05) is 5.39 Å². The highest BCUT2D eigenvalue weighted by molar-refractivity contribution is 9.10. The van der Waals surface area contributed by atoms with Crippen LogP contribution in [0.25, 0.3) is 16.5 Å². The Balaban J connectivity index is 1.88. The fourth-order valence-corrected chi connectivity index (χ4v) is 4.32. The zero-order chi connectivity index (χ0) is 18.5. The summed E-state index contributed by atoms with van der Waals surface area (Å²) in [4.78, 5) is 15.0. The lowest BCUT2D eigenvalue weighted by Gasteiger charge is -2.16. The van der Waals surface area contributed by atoms with E-state index in [1.165, 1.54) is 24.6 Å². The molecule has 0 saturated heterocycles. The van der Waals surface area contributed by atoms with Gasteiger partial charge in [-0.05, 0) is 63.5 Å². The number of alkyl halides is 2. The van der Waals surface area contributed by atoms with E-state index in [-0.39, 0.29) is 16.9 Å². The second-order valence-electron chi connectivity index (χ2n) is 6.18. The van der Waals surface area contributed by atoms with Crippen molar-refractivity contribution in [3.8, 4) is 5.69 Å². The molecule has 0 bridgehead atoms. The molecular weight excluding hydrogens is 424 g/mol.